The van der Waals surface area contributed by atoms with Crippen molar-refractivity contribution in [3.05, 3.63) is 35.9 Å². The number of aliphatic hydroxyl groups excluding tert-OH is 2. The lowest BCUT2D eigenvalue weighted by Crippen LogP contribution is -2.22. The van der Waals surface area contributed by atoms with Crippen LogP contribution in [0.15, 0.2) is 30.3 Å². The number of rotatable bonds is 4. The molecule has 0 amide bonds. The summed E-state index contributed by atoms with van der Waals surface area (Å²) >= 11 is 0. The van der Waals surface area contributed by atoms with Gasteiger partial charge in [-0.25, -0.2) is 0 Å². The van der Waals surface area contributed by atoms with E-state index < -0.39 is 5.92 Å². The summed E-state index contributed by atoms with van der Waals surface area (Å²) in [5.41, 5.74) is 0.524. The van der Waals surface area contributed by atoms with E-state index in [-0.39, 0.29) is 19.0 Å². The summed E-state index contributed by atoms with van der Waals surface area (Å²) in [6.45, 7) is -0.631. The molecule has 2 N–H and O–H groups in total. The Kier molecular flexibility index (Phi) is 3.61. The number of Topliss-reactive ketones (excluding diaryl/α,β-unsaturated/α-hetero) is 1. The number of hydrogen-bond acceptors (Lipinski definition) is 3. The molecule has 0 saturated heterocycles. The van der Waals surface area contributed by atoms with E-state index in [1.807, 2.05) is 6.07 Å². The smallest absolute Gasteiger partial charge is 0.170 e. The zero-order valence-corrected chi connectivity index (χ0v) is 7.18. The highest BCUT2D eigenvalue weighted by atomic mass is 16.3. The lowest BCUT2D eigenvalue weighted by atomic mass is 9.99. The summed E-state index contributed by atoms with van der Waals surface area (Å²) in [5, 5.41) is 17.6. The zero-order chi connectivity index (χ0) is 9.68. The van der Waals surface area contributed by atoms with Gasteiger partial charge < -0.3 is 10.2 Å². The van der Waals surface area contributed by atoms with Crippen molar-refractivity contribution in [1.29, 1.82) is 0 Å². The Morgan fingerprint density at radius 3 is 2.15 bits per heavy atom. The van der Waals surface area contributed by atoms with Crippen molar-refractivity contribution in [2.45, 2.75) is 0 Å². The minimum Gasteiger partial charge on any atom is -0.396 e. The van der Waals surface area contributed by atoms with Crippen LogP contribution in [0, 0.1) is 5.92 Å². The minimum atomic E-state index is -0.692. The normalized spacial score (nSPS) is 10.4. The van der Waals surface area contributed by atoms with Gasteiger partial charge in [-0.3, -0.25) is 4.79 Å². The maximum Gasteiger partial charge on any atom is 0.170 e. The SMILES string of the molecule is O=C(c1ccccc1)C(CO)CO. The lowest BCUT2D eigenvalue weighted by molar-refractivity contribution is 0.0769. The quantitative estimate of drug-likeness (QED) is 0.662. The summed E-state index contributed by atoms with van der Waals surface area (Å²) in [4.78, 5) is 11.5. The Labute approximate surface area is 76.6 Å². The van der Waals surface area contributed by atoms with E-state index in [0.29, 0.717) is 5.56 Å². The van der Waals surface area contributed by atoms with Gasteiger partial charge in [-0.05, 0) is 0 Å². The summed E-state index contributed by atoms with van der Waals surface area (Å²) in [7, 11) is 0. The van der Waals surface area contributed by atoms with E-state index in [0.717, 1.165) is 0 Å². The molecule has 0 saturated carbocycles. The van der Waals surface area contributed by atoms with Crippen molar-refractivity contribution in [1.82, 2.24) is 0 Å². The molecule has 3 heteroatoms. The highest BCUT2D eigenvalue weighted by Crippen LogP contribution is 2.07. The lowest BCUT2D eigenvalue weighted by Gasteiger charge is -2.08. The van der Waals surface area contributed by atoms with E-state index in [4.69, 9.17) is 10.2 Å². The number of hydrogen-bond donors (Lipinski definition) is 2. The van der Waals surface area contributed by atoms with Crippen LogP contribution in [0.1, 0.15) is 10.4 Å². The largest absolute Gasteiger partial charge is 0.396 e. The summed E-state index contributed by atoms with van der Waals surface area (Å²) in [6, 6.07) is 8.64. The van der Waals surface area contributed by atoms with Crippen molar-refractivity contribution in [3.63, 3.8) is 0 Å². The summed E-state index contributed by atoms with van der Waals surface area (Å²) in [5.74, 6) is -0.909. The molecule has 0 bridgehead atoms. The van der Waals surface area contributed by atoms with Gasteiger partial charge >= 0.3 is 0 Å². The first-order valence-electron chi connectivity index (χ1n) is 4.10. The first-order valence-corrected chi connectivity index (χ1v) is 4.10. The molecular weight excluding hydrogens is 168 g/mol. The van der Waals surface area contributed by atoms with Crippen LogP contribution in [-0.2, 0) is 0 Å². The van der Waals surface area contributed by atoms with E-state index in [9.17, 15) is 4.79 Å². The second-order valence-electron chi connectivity index (χ2n) is 2.79. The molecule has 0 radical (unpaired) electrons. The average Bonchev–Trinajstić information content (AvgIpc) is 2.21. The van der Waals surface area contributed by atoms with Crippen molar-refractivity contribution in [2.24, 2.45) is 5.92 Å². The molecule has 1 aromatic carbocycles. The fraction of sp³-hybridized carbons (Fsp3) is 0.300. The Morgan fingerprint density at radius 2 is 1.69 bits per heavy atom. The third kappa shape index (κ3) is 2.37. The van der Waals surface area contributed by atoms with Crippen molar-refractivity contribution < 1.29 is 15.0 Å². The Hall–Kier alpha value is -1.19. The van der Waals surface area contributed by atoms with Crippen LogP contribution < -0.4 is 0 Å². The predicted molar refractivity (Wildman–Crippen MR) is 48.4 cm³/mol. The molecule has 0 fully saturated rings. The molecule has 0 heterocycles. The predicted octanol–water partition coefficient (Wildman–Crippen LogP) is 0.470. The molecule has 70 valence electrons. The van der Waals surface area contributed by atoms with Gasteiger partial charge in [0.1, 0.15) is 0 Å². The van der Waals surface area contributed by atoms with Gasteiger partial charge in [0.05, 0.1) is 19.1 Å². The molecule has 0 aromatic heterocycles. The van der Waals surface area contributed by atoms with E-state index in [2.05, 4.69) is 0 Å². The van der Waals surface area contributed by atoms with E-state index in [1.54, 1.807) is 24.3 Å². The fourth-order valence-electron chi connectivity index (χ4n) is 1.06. The van der Waals surface area contributed by atoms with Gasteiger partial charge in [0, 0.05) is 5.56 Å². The maximum absolute atomic E-state index is 11.5. The fourth-order valence-corrected chi connectivity index (χ4v) is 1.06. The molecule has 0 aliphatic carbocycles. The average molecular weight is 180 g/mol. The van der Waals surface area contributed by atoms with Gasteiger partial charge in [-0.2, -0.15) is 0 Å². The highest BCUT2D eigenvalue weighted by Gasteiger charge is 2.17. The second-order valence-corrected chi connectivity index (χ2v) is 2.79. The summed E-state index contributed by atoms with van der Waals surface area (Å²) in [6.07, 6.45) is 0. The van der Waals surface area contributed by atoms with Crippen molar-refractivity contribution in [2.75, 3.05) is 13.2 Å². The molecule has 0 unspecified atom stereocenters. The Bertz CT molecular complexity index is 265. The number of benzene rings is 1. The van der Waals surface area contributed by atoms with Crippen LogP contribution in [0.25, 0.3) is 0 Å². The molecule has 0 aliphatic heterocycles. The molecule has 3 nitrogen and oxygen atoms in total. The Morgan fingerprint density at radius 1 is 1.15 bits per heavy atom. The van der Waals surface area contributed by atoms with Gasteiger partial charge in [0.15, 0.2) is 5.78 Å². The standard InChI is InChI=1S/C10H12O3/c11-6-9(7-12)10(13)8-4-2-1-3-5-8/h1-5,9,11-12H,6-7H2. The monoisotopic (exact) mass is 180 g/mol. The van der Waals surface area contributed by atoms with Crippen LogP contribution in [0.3, 0.4) is 0 Å². The second kappa shape index (κ2) is 4.74. The number of aliphatic hydroxyl groups is 2. The van der Waals surface area contributed by atoms with E-state index in [1.165, 1.54) is 0 Å². The minimum absolute atomic E-state index is 0.217. The van der Waals surface area contributed by atoms with Gasteiger partial charge in [0.2, 0.25) is 0 Å². The van der Waals surface area contributed by atoms with Crippen LogP contribution >= 0.6 is 0 Å². The van der Waals surface area contributed by atoms with Gasteiger partial charge in [0.25, 0.3) is 0 Å². The third-order valence-electron chi connectivity index (χ3n) is 1.87. The molecule has 13 heavy (non-hydrogen) atoms. The maximum atomic E-state index is 11.5. The third-order valence-corrected chi connectivity index (χ3v) is 1.87. The van der Waals surface area contributed by atoms with Crippen LogP contribution in [0.4, 0.5) is 0 Å². The first kappa shape index (κ1) is 9.89. The van der Waals surface area contributed by atoms with Crippen molar-refractivity contribution >= 4 is 5.78 Å². The topological polar surface area (TPSA) is 57.5 Å². The number of carbonyl (C=O) groups is 1. The van der Waals surface area contributed by atoms with Gasteiger partial charge in [-0.1, -0.05) is 30.3 Å². The van der Waals surface area contributed by atoms with Crippen LogP contribution in [0.2, 0.25) is 0 Å². The molecule has 0 atom stereocenters. The number of ketones is 1. The molecule has 0 spiro atoms. The highest BCUT2D eigenvalue weighted by molar-refractivity contribution is 5.97. The Balaban J connectivity index is 2.78. The summed E-state index contributed by atoms with van der Waals surface area (Å²) < 4.78 is 0. The molecule has 1 rings (SSSR count). The van der Waals surface area contributed by atoms with E-state index >= 15 is 0 Å². The van der Waals surface area contributed by atoms with Gasteiger partial charge in [-0.15, -0.1) is 0 Å². The number of carbonyl (C=O) groups excluding carboxylic acids is 1. The van der Waals surface area contributed by atoms with Crippen molar-refractivity contribution in [3.8, 4) is 0 Å². The molecule has 1 aromatic rings. The molecular formula is C10H12O3. The van der Waals surface area contributed by atoms with Crippen LogP contribution in [0.5, 0.6) is 0 Å². The molecule has 0 aliphatic rings. The first-order chi connectivity index (χ1) is 6.29. The van der Waals surface area contributed by atoms with Crippen LogP contribution in [-0.4, -0.2) is 29.2 Å². The zero-order valence-electron chi connectivity index (χ0n) is 7.18.